The third-order valence-electron chi connectivity index (χ3n) is 4.58. The van der Waals surface area contributed by atoms with Gasteiger partial charge in [-0.05, 0) is 25.0 Å². The van der Waals surface area contributed by atoms with E-state index in [0.29, 0.717) is 30.3 Å². The predicted octanol–water partition coefficient (Wildman–Crippen LogP) is -0.0521. The molecule has 0 N–H and O–H groups in total. The van der Waals surface area contributed by atoms with Crippen LogP contribution in [0.2, 0.25) is 0 Å². The van der Waals surface area contributed by atoms with Crippen molar-refractivity contribution in [2.75, 3.05) is 13.1 Å². The van der Waals surface area contributed by atoms with Crippen LogP contribution in [-0.2, 0) is 21.5 Å². The summed E-state index contributed by atoms with van der Waals surface area (Å²) in [6.45, 7) is 0.406. The maximum Gasteiger partial charge on any atom is 0.307 e. The van der Waals surface area contributed by atoms with Gasteiger partial charge in [-0.2, -0.15) is 12.7 Å². The number of nitrogens with zero attached hydrogens (tertiary/aromatic N) is 4. The number of hydrogen-bond acceptors (Lipinski definition) is 5. The SMILES string of the molecule is O=C1[C@@H]2CCCN2S(=O)(=O)N1CCn1cnc2ccccc2c1=O. The first-order valence-electron chi connectivity index (χ1n) is 7.78. The van der Waals surface area contributed by atoms with Gasteiger partial charge in [0.25, 0.3) is 11.5 Å². The summed E-state index contributed by atoms with van der Waals surface area (Å²) in [6, 6.07) is 6.39. The average Bonchev–Trinajstić information content (AvgIpc) is 3.12. The minimum atomic E-state index is -3.76. The second-order valence-electron chi connectivity index (χ2n) is 5.95. The zero-order valence-electron chi connectivity index (χ0n) is 12.8. The van der Waals surface area contributed by atoms with Crippen LogP contribution in [0.15, 0.2) is 35.4 Å². The molecule has 2 saturated heterocycles. The Kier molecular flexibility index (Phi) is 3.43. The van der Waals surface area contributed by atoms with E-state index in [1.807, 2.05) is 0 Å². The lowest BCUT2D eigenvalue weighted by molar-refractivity contribution is -0.127. The van der Waals surface area contributed by atoms with Crippen LogP contribution in [0.4, 0.5) is 0 Å². The van der Waals surface area contributed by atoms with Gasteiger partial charge >= 0.3 is 10.2 Å². The van der Waals surface area contributed by atoms with Crippen molar-refractivity contribution in [3.05, 3.63) is 40.9 Å². The highest BCUT2D eigenvalue weighted by Crippen LogP contribution is 2.31. The lowest BCUT2D eigenvalue weighted by Crippen LogP contribution is -2.37. The normalized spacial score (nSPS) is 23.1. The van der Waals surface area contributed by atoms with E-state index in [1.54, 1.807) is 24.3 Å². The van der Waals surface area contributed by atoms with Gasteiger partial charge in [-0.3, -0.25) is 14.2 Å². The van der Waals surface area contributed by atoms with E-state index in [-0.39, 0.29) is 18.6 Å². The molecule has 24 heavy (non-hydrogen) atoms. The van der Waals surface area contributed by atoms with Crippen LogP contribution in [0.1, 0.15) is 12.8 Å². The maximum atomic E-state index is 12.4. The van der Waals surface area contributed by atoms with Crippen molar-refractivity contribution in [3.8, 4) is 0 Å². The molecule has 0 unspecified atom stereocenters. The van der Waals surface area contributed by atoms with E-state index in [2.05, 4.69) is 4.98 Å². The molecule has 1 atom stereocenters. The summed E-state index contributed by atoms with van der Waals surface area (Å²) in [7, 11) is -3.76. The largest absolute Gasteiger partial charge is 0.307 e. The third kappa shape index (κ3) is 2.15. The van der Waals surface area contributed by atoms with E-state index >= 15 is 0 Å². The molecule has 1 aromatic carbocycles. The van der Waals surface area contributed by atoms with Crippen molar-refractivity contribution in [1.29, 1.82) is 0 Å². The molecular weight excluding hydrogens is 332 g/mol. The Morgan fingerprint density at radius 3 is 2.75 bits per heavy atom. The quantitative estimate of drug-likeness (QED) is 0.775. The fraction of sp³-hybridized carbons (Fsp3) is 0.400. The number of fused-ring (bicyclic) bond motifs is 2. The molecule has 1 amide bonds. The number of benzene rings is 1. The second kappa shape index (κ2) is 5.38. The molecule has 2 fully saturated rings. The molecule has 2 aliphatic rings. The number of hydrogen-bond donors (Lipinski definition) is 0. The Bertz CT molecular complexity index is 984. The molecule has 1 aromatic heterocycles. The molecule has 8 nitrogen and oxygen atoms in total. The van der Waals surface area contributed by atoms with Gasteiger partial charge in [0.15, 0.2) is 0 Å². The summed E-state index contributed by atoms with van der Waals surface area (Å²) in [4.78, 5) is 29.0. The lowest BCUT2D eigenvalue weighted by Gasteiger charge is -2.17. The smallest absolute Gasteiger partial charge is 0.297 e. The van der Waals surface area contributed by atoms with Crippen molar-refractivity contribution in [2.24, 2.45) is 0 Å². The molecule has 0 radical (unpaired) electrons. The summed E-state index contributed by atoms with van der Waals surface area (Å²) in [5.74, 6) is -0.394. The first-order chi connectivity index (χ1) is 11.5. The zero-order chi connectivity index (χ0) is 16.9. The number of amides is 1. The van der Waals surface area contributed by atoms with Gasteiger partial charge in [0, 0.05) is 13.1 Å². The maximum absolute atomic E-state index is 12.4. The Hall–Kier alpha value is -2.26. The first-order valence-corrected chi connectivity index (χ1v) is 9.17. The predicted molar refractivity (Wildman–Crippen MR) is 86.4 cm³/mol. The highest BCUT2D eigenvalue weighted by molar-refractivity contribution is 7.87. The van der Waals surface area contributed by atoms with Crippen molar-refractivity contribution < 1.29 is 13.2 Å². The van der Waals surface area contributed by atoms with Gasteiger partial charge < -0.3 is 0 Å². The van der Waals surface area contributed by atoms with E-state index < -0.39 is 22.2 Å². The van der Waals surface area contributed by atoms with Gasteiger partial charge in [0.2, 0.25) is 0 Å². The van der Waals surface area contributed by atoms with Gasteiger partial charge in [0.1, 0.15) is 6.04 Å². The second-order valence-corrected chi connectivity index (χ2v) is 7.75. The number of aromatic nitrogens is 2. The summed E-state index contributed by atoms with van der Waals surface area (Å²) in [5.41, 5.74) is 0.342. The molecule has 0 aliphatic carbocycles. The van der Waals surface area contributed by atoms with Gasteiger partial charge in [0.05, 0.1) is 23.8 Å². The monoisotopic (exact) mass is 348 g/mol. The number of carbonyl (C=O) groups excluding carboxylic acids is 1. The minimum absolute atomic E-state index is 0.0614. The molecular formula is C15H16N4O4S. The highest BCUT2D eigenvalue weighted by Gasteiger charge is 2.52. The van der Waals surface area contributed by atoms with Gasteiger partial charge in [-0.15, -0.1) is 0 Å². The zero-order valence-corrected chi connectivity index (χ0v) is 13.6. The Morgan fingerprint density at radius 2 is 1.96 bits per heavy atom. The Balaban J connectivity index is 1.61. The van der Waals surface area contributed by atoms with Crippen molar-refractivity contribution >= 4 is 27.0 Å². The summed E-state index contributed by atoms with van der Waals surface area (Å²) in [5, 5.41) is 0.469. The van der Waals surface area contributed by atoms with Gasteiger partial charge in [-0.1, -0.05) is 12.1 Å². The molecule has 126 valence electrons. The van der Waals surface area contributed by atoms with Gasteiger partial charge in [-0.25, -0.2) is 9.29 Å². The van der Waals surface area contributed by atoms with Crippen LogP contribution < -0.4 is 5.56 Å². The van der Waals surface area contributed by atoms with Crippen LogP contribution in [0.3, 0.4) is 0 Å². The Labute approximate surface area is 138 Å². The fourth-order valence-electron chi connectivity index (χ4n) is 3.36. The molecule has 9 heteroatoms. The summed E-state index contributed by atoms with van der Waals surface area (Å²) >= 11 is 0. The number of carbonyl (C=O) groups is 1. The molecule has 3 heterocycles. The van der Waals surface area contributed by atoms with Crippen LogP contribution in [0, 0.1) is 0 Å². The van der Waals surface area contributed by atoms with E-state index in [1.165, 1.54) is 15.2 Å². The average molecular weight is 348 g/mol. The van der Waals surface area contributed by atoms with Crippen molar-refractivity contribution in [1.82, 2.24) is 18.2 Å². The Morgan fingerprint density at radius 1 is 1.17 bits per heavy atom. The van der Waals surface area contributed by atoms with Crippen LogP contribution in [0.25, 0.3) is 10.9 Å². The lowest BCUT2D eigenvalue weighted by atomic mass is 10.2. The molecule has 2 aliphatic heterocycles. The standard InChI is InChI=1S/C15H16N4O4S/c20-14-11-4-1-2-5-12(11)16-10-17(14)8-9-19-15(21)13-6-3-7-18(13)24(19,22)23/h1-2,4-5,10,13H,3,6-9H2/t13-/m0/s1. The minimum Gasteiger partial charge on any atom is -0.297 e. The number of rotatable bonds is 3. The highest BCUT2D eigenvalue weighted by atomic mass is 32.2. The molecule has 4 rings (SSSR count). The molecule has 0 saturated carbocycles. The van der Waals surface area contributed by atoms with Crippen LogP contribution >= 0.6 is 0 Å². The summed E-state index contributed by atoms with van der Waals surface area (Å²) in [6.07, 6.45) is 2.66. The molecule has 0 bridgehead atoms. The summed E-state index contributed by atoms with van der Waals surface area (Å²) < 4.78 is 28.4. The van der Waals surface area contributed by atoms with Crippen LogP contribution in [-0.4, -0.2) is 51.6 Å². The third-order valence-corrected chi connectivity index (χ3v) is 6.53. The van der Waals surface area contributed by atoms with E-state index in [9.17, 15) is 18.0 Å². The molecule has 0 spiro atoms. The fourth-order valence-corrected chi connectivity index (χ4v) is 5.15. The molecule has 2 aromatic rings. The van der Waals surface area contributed by atoms with E-state index in [4.69, 9.17) is 0 Å². The van der Waals surface area contributed by atoms with Crippen LogP contribution in [0.5, 0.6) is 0 Å². The van der Waals surface area contributed by atoms with E-state index in [0.717, 1.165) is 4.31 Å². The topological polar surface area (TPSA) is 92.6 Å². The first kappa shape index (κ1) is 15.3. The van der Waals surface area contributed by atoms with Crippen molar-refractivity contribution in [3.63, 3.8) is 0 Å². The number of para-hydroxylation sites is 1. The van der Waals surface area contributed by atoms with Crippen molar-refractivity contribution in [2.45, 2.75) is 25.4 Å².